The molecule has 0 bridgehead atoms. The summed E-state index contributed by atoms with van der Waals surface area (Å²) in [6.45, 7) is 0. The molecule has 0 radical (unpaired) electrons. The highest BCUT2D eigenvalue weighted by Crippen LogP contribution is 2.23. The molecule has 148 valence electrons. The van der Waals surface area contributed by atoms with E-state index in [2.05, 4.69) is 20.4 Å². The molecule has 1 N–H and O–H groups in total. The molecule has 1 amide bonds. The molecule has 4 rings (SSSR count). The molecule has 29 heavy (non-hydrogen) atoms. The van der Waals surface area contributed by atoms with Crippen molar-refractivity contribution in [2.75, 3.05) is 0 Å². The van der Waals surface area contributed by atoms with Crippen LogP contribution in [0.3, 0.4) is 0 Å². The number of aryl methyl sites for hydroxylation is 2. The van der Waals surface area contributed by atoms with Crippen LogP contribution in [0.15, 0.2) is 58.7 Å². The van der Waals surface area contributed by atoms with Crippen molar-refractivity contribution in [3.8, 4) is 10.7 Å². The summed E-state index contributed by atoms with van der Waals surface area (Å²) in [6.07, 6.45) is 3.94. The molecule has 0 fully saturated rings. The third-order valence-electron chi connectivity index (χ3n) is 4.40. The van der Waals surface area contributed by atoms with Crippen molar-refractivity contribution in [3.63, 3.8) is 0 Å². The average Bonchev–Trinajstić information content (AvgIpc) is 3.47. The van der Waals surface area contributed by atoms with Gasteiger partial charge < -0.3 is 14.4 Å². The fourth-order valence-corrected chi connectivity index (χ4v) is 3.57. The molecule has 0 aliphatic rings. The van der Waals surface area contributed by atoms with Crippen molar-refractivity contribution in [2.24, 2.45) is 7.05 Å². The van der Waals surface area contributed by atoms with E-state index < -0.39 is 6.04 Å². The largest absolute Gasteiger partial charge is 0.342 e. The van der Waals surface area contributed by atoms with Crippen LogP contribution in [0.5, 0.6) is 0 Å². The maximum atomic E-state index is 13.3. The Balaban J connectivity index is 1.44. The van der Waals surface area contributed by atoms with Crippen molar-refractivity contribution in [2.45, 2.75) is 18.9 Å². The van der Waals surface area contributed by atoms with Crippen molar-refractivity contribution in [1.29, 1.82) is 0 Å². The van der Waals surface area contributed by atoms with Gasteiger partial charge in [-0.3, -0.25) is 4.79 Å². The number of amides is 1. The number of hydrogen-bond donors (Lipinski definition) is 1. The lowest BCUT2D eigenvalue weighted by Gasteiger charge is -2.19. The summed E-state index contributed by atoms with van der Waals surface area (Å²) in [4.78, 5) is 22.2. The predicted molar refractivity (Wildman–Crippen MR) is 106 cm³/mol. The predicted octanol–water partition coefficient (Wildman–Crippen LogP) is 3.51. The Kier molecular flexibility index (Phi) is 5.48. The van der Waals surface area contributed by atoms with Crippen molar-refractivity contribution in [1.82, 2.24) is 25.0 Å². The van der Waals surface area contributed by atoms with E-state index in [1.807, 2.05) is 29.1 Å². The number of halogens is 1. The maximum Gasteiger partial charge on any atom is 0.227 e. The first-order chi connectivity index (χ1) is 14.1. The van der Waals surface area contributed by atoms with E-state index in [0.29, 0.717) is 24.0 Å². The van der Waals surface area contributed by atoms with Crippen LogP contribution in [0.1, 0.15) is 29.7 Å². The molecule has 0 unspecified atom stereocenters. The number of carbonyl (C=O) groups is 1. The van der Waals surface area contributed by atoms with Crippen LogP contribution in [0, 0.1) is 5.82 Å². The number of benzene rings is 1. The number of carbonyl (C=O) groups excluding carboxylic acids is 1. The van der Waals surface area contributed by atoms with Gasteiger partial charge in [0.2, 0.25) is 17.6 Å². The molecule has 1 aromatic carbocycles. The number of imidazole rings is 1. The first kappa shape index (κ1) is 19.0. The van der Waals surface area contributed by atoms with Crippen LogP contribution in [-0.2, 0) is 18.3 Å². The molecule has 3 heterocycles. The van der Waals surface area contributed by atoms with E-state index in [-0.39, 0.29) is 18.1 Å². The van der Waals surface area contributed by atoms with Crippen LogP contribution in [-0.4, -0.2) is 25.6 Å². The first-order valence-electron chi connectivity index (χ1n) is 8.98. The first-order valence-corrected chi connectivity index (χ1v) is 9.86. The Labute approximate surface area is 170 Å². The summed E-state index contributed by atoms with van der Waals surface area (Å²) in [7, 11) is 1.84. The van der Waals surface area contributed by atoms with Crippen LogP contribution < -0.4 is 5.32 Å². The molecule has 0 spiro atoms. The molecule has 0 saturated heterocycles. The molecule has 7 nitrogen and oxygen atoms in total. The topological polar surface area (TPSA) is 85.8 Å². The molecule has 3 aromatic heterocycles. The quantitative estimate of drug-likeness (QED) is 0.503. The van der Waals surface area contributed by atoms with Gasteiger partial charge in [0.1, 0.15) is 17.7 Å². The Morgan fingerprint density at radius 2 is 2.14 bits per heavy atom. The molecule has 0 aliphatic carbocycles. The molecule has 0 aliphatic heterocycles. The summed E-state index contributed by atoms with van der Waals surface area (Å²) in [5.41, 5.74) is 0.742. The third kappa shape index (κ3) is 4.40. The lowest BCUT2D eigenvalue weighted by molar-refractivity contribution is -0.121. The summed E-state index contributed by atoms with van der Waals surface area (Å²) < 4.78 is 20.4. The van der Waals surface area contributed by atoms with Crippen molar-refractivity contribution < 1.29 is 13.7 Å². The second-order valence-electron chi connectivity index (χ2n) is 6.44. The van der Waals surface area contributed by atoms with Gasteiger partial charge in [0.25, 0.3) is 0 Å². The van der Waals surface area contributed by atoms with Gasteiger partial charge in [-0.2, -0.15) is 4.98 Å². The Morgan fingerprint density at radius 3 is 2.83 bits per heavy atom. The molecule has 0 saturated carbocycles. The summed E-state index contributed by atoms with van der Waals surface area (Å²) in [5, 5.41) is 8.85. The molecule has 1 atom stereocenters. The molecular weight excluding hydrogens is 393 g/mol. The lowest BCUT2D eigenvalue weighted by Crippen LogP contribution is -2.31. The van der Waals surface area contributed by atoms with Crippen molar-refractivity contribution in [3.05, 3.63) is 77.3 Å². The second kappa shape index (κ2) is 8.36. The molecule has 9 heteroatoms. The van der Waals surface area contributed by atoms with E-state index in [4.69, 9.17) is 4.52 Å². The van der Waals surface area contributed by atoms with Gasteiger partial charge >= 0.3 is 0 Å². The van der Waals surface area contributed by atoms with E-state index >= 15 is 0 Å². The summed E-state index contributed by atoms with van der Waals surface area (Å²) >= 11 is 1.52. The average molecular weight is 411 g/mol. The van der Waals surface area contributed by atoms with Gasteiger partial charge in [-0.25, -0.2) is 9.37 Å². The fourth-order valence-electron chi connectivity index (χ4n) is 2.92. The van der Waals surface area contributed by atoms with Gasteiger partial charge in [-0.1, -0.05) is 23.4 Å². The molecular formula is C20H18FN5O2S. The highest BCUT2D eigenvalue weighted by molar-refractivity contribution is 7.13. The SMILES string of the molecule is Cn1ccnc1[C@@H](NC(=O)CCc1nc(-c2cccs2)no1)c1ccc(F)cc1. The zero-order valence-electron chi connectivity index (χ0n) is 15.6. The van der Waals surface area contributed by atoms with Crippen LogP contribution >= 0.6 is 11.3 Å². The normalized spacial score (nSPS) is 12.1. The lowest BCUT2D eigenvalue weighted by atomic mass is 10.1. The smallest absolute Gasteiger partial charge is 0.227 e. The number of rotatable bonds is 7. The molecule has 4 aromatic rings. The van der Waals surface area contributed by atoms with E-state index in [1.165, 1.54) is 23.5 Å². The standard InChI is InChI=1S/C20H18FN5O2S/c1-26-11-10-22-20(26)18(13-4-6-14(21)7-5-13)23-16(27)8-9-17-24-19(25-28-17)15-3-2-12-29-15/h2-7,10-12,18H,8-9H2,1H3,(H,23,27)/t18-/m0/s1. The highest BCUT2D eigenvalue weighted by atomic mass is 32.1. The summed E-state index contributed by atoms with van der Waals surface area (Å²) in [5.74, 6) is 1.05. The minimum atomic E-state index is -0.493. The number of nitrogens with one attached hydrogen (secondary N) is 1. The Hall–Kier alpha value is -3.33. The second-order valence-corrected chi connectivity index (χ2v) is 7.39. The third-order valence-corrected chi connectivity index (χ3v) is 5.27. The number of thiophene rings is 1. The van der Waals surface area contributed by atoms with Crippen LogP contribution in [0.25, 0.3) is 10.7 Å². The zero-order valence-corrected chi connectivity index (χ0v) is 16.4. The minimum absolute atomic E-state index is 0.175. The fraction of sp³-hybridized carbons (Fsp3) is 0.200. The van der Waals surface area contributed by atoms with E-state index in [0.717, 1.165) is 10.4 Å². The van der Waals surface area contributed by atoms with Crippen LogP contribution in [0.4, 0.5) is 4.39 Å². The monoisotopic (exact) mass is 411 g/mol. The van der Waals surface area contributed by atoms with Gasteiger partial charge in [0, 0.05) is 32.3 Å². The van der Waals surface area contributed by atoms with Crippen molar-refractivity contribution >= 4 is 17.2 Å². The van der Waals surface area contributed by atoms with Gasteiger partial charge in [-0.05, 0) is 29.1 Å². The van der Waals surface area contributed by atoms with Gasteiger partial charge in [0.05, 0.1) is 4.88 Å². The van der Waals surface area contributed by atoms with Crippen LogP contribution in [0.2, 0.25) is 0 Å². The Morgan fingerprint density at radius 1 is 1.31 bits per heavy atom. The van der Waals surface area contributed by atoms with Gasteiger partial charge in [-0.15, -0.1) is 11.3 Å². The zero-order chi connectivity index (χ0) is 20.2. The van der Waals surface area contributed by atoms with E-state index in [9.17, 15) is 9.18 Å². The number of nitrogens with zero attached hydrogens (tertiary/aromatic N) is 4. The Bertz CT molecular complexity index is 1090. The highest BCUT2D eigenvalue weighted by Gasteiger charge is 2.21. The van der Waals surface area contributed by atoms with E-state index in [1.54, 1.807) is 24.5 Å². The summed E-state index contributed by atoms with van der Waals surface area (Å²) in [6, 6.07) is 9.33. The minimum Gasteiger partial charge on any atom is -0.342 e. The maximum absolute atomic E-state index is 13.3. The number of aromatic nitrogens is 4. The van der Waals surface area contributed by atoms with Gasteiger partial charge in [0.15, 0.2) is 0 Å². The number of hydrogen-bond acceptors (Lipinski definition) is 6.